The molecule has 0 N–H and O–H groups in total. The predicted octanol–water partition coefficient (Wildman–Crippen LogP) is 2.38. The quantitative estimate of drug-likeness (QED) is 0.751. The average Bonchev–Trinajstić information content (AvgIpc) is 2.03. The lowest BCUT2D eigenvalue weighted by Crippen LogP contribution is -2.03. The molecule has 3 heteroatoms. The highest BCUT2D eigenvalue weighted by Gasteiger charge is 2.04. The van der Waals surface area contributed by atoms with Crippen molar-refractivity contribution in [2.24, 2.45) is 0 Å². The van der Waals surface area contributed by atoms with Crippen molar-refractivity contribution in [2.75, 3.05) is 5.75 Å². The highest BCUT2D eigenvalue weighted by atomic mass is 32.1. The maximum Gasteiger partial charge on any atom is 0.129 e. The van der Waals surface area contributed by atoms with Gasteiger partial charge in [-0.05, 0) is 24.7 Å². The molecular weight excluding hydrogens is 180 g/mol. The molecule has 2 nitrogen and oxygen atoms in total. The van der Waals surface area contributed by atoms with E-state index in [1.54, 1.807) is 0 Å². The minimum Gasteiger partial charge on any atom is -0.238 e. The molecule has 0 atom stereocenters. The van der Waals surface area contributed by atoms with Gasteiger partial charge in [-0.2, -0.15) is 12.6 Å². The Kier molecular flexibility index (Phi) is 3.72. The summed E-state index contributed by atoms with van der Waals surface area (Å²) in [6.07, 6.45) is 0.852. The SMILES string of the molecule is Cc1cc(C(C)C)nc(CCS)n1. The maximum atomic E-state index is 4.46. The molecule has 1 rings (SSSR count). The van der Waals surface area contributed by atoms with Gasteiger partial charge in [0, 0.05) is 17.8 Å². The molecule has 0 spiro atoms. The Morgan fingerprint density at radius 2 is 2.08 bits per heavy atom. The van der Waals surface area contributed by atoms with Crippen molar-refractivity contribution >= 4 is 12.6 Å². The minimum absolute atomic E-state index is 0.473. The summed E-state index contributed by atoms with van der Waals surface area (Å²) in [6.45, 7) is 6.30. The van der Waals surface area contributed by atoms with E-state index in [-0.39, 0.29) is 0 Å². The van der Waals surface area contributed by atoms with Gasteiger partial charge in [0.1, 0.15) is 5.82 Å². The number of nitrogens with zero attached hydrogens (tertiary/aromatic N) is 2. The number of rotatable bonds is 3. The molecule has 0 fully saturated rings. The second-order valence-corrected chi connectivity index (χ2v) is 3.93. The van der Waals surface area contributed by atoms with Crippen LogP contribution in [0.4, 0.5) is 0 Å². The fraction of sp³-hybridized carbons (Fsp3) is 0.600. The van der Waals surface area contributed by atoms with Gasteiger partial charge in [-0.3, -0.25) is 0 Å². The van der Waals surface area contributed by atoms with Crippen molar-refractivity contribution in [1.82, 2.24) is 9.97 Å². The molecule has 1 heterocycles. The first kappa shape index (κ1) is 10.5. The van der Waals surface area contributed by atoms with E-state index in [1.165, 1.54) is 0 Å². The van der Waals surface area contributed by atoms with E-state index in [9.17, 15) is 0 Å². The molecular formula is C10H16N2S. The zero-order valence-corrected chi connectivity index (χ0v) is 9.30. The van der Waals surface area contributed by atoms with E-state index in [4.69, 9.17) is 0 Å². The Labute approximate surface area is 85.2 Å². The summed E-state index contributed by atoms with van der Waals surface area (Å²) in [6, 6.07) is 2.05. The van der Waals surface area contributed by atoms with Gasteiger partial charge in [0.05, 0.1) is 0 Å². The molecule has 72 valence electrons. The zero-order valence-electron chi connectivity index (χ0n) is 8.41. The van der Waals surface area contributed by atoms with Crippen molar-refractivity contribution in [3.05, 3.63) is 23.3 Å². The first-order valence-electron chi connectivity index (χ1n) is 4.58. The van der Waals surface area contributed by atoms with Crippen molar-refractivity contribution in [1.29, 1.82) is 0 Å². The summed E-state index contributed by atoms with van der Waals surface area (Å²) in [5.74, 6) is 2.19. The summed E-state index contributed by atoms with van der Waals surface area (Å²) in [5, 5.41) is 0. The largest absolute Gasteiger partial charge is 0.238 e. The van der Waals surface area contributed by atoms with Gasteiger partial charge in [-0.1, -0.05) is 13.8 Å². The van der Waals surface area contributed by atoms with Crippen LogP contribution >= 0.6 is 12.6 Å². The highest BCUT2D eigenvalue weighted by molar-refractivity contribution is 7.80. The molecule has 0 aliphatic carbocycles. The molecule has 0 aliphatic heterocycles. The molecule has 0 amide bonds. The first-order valence-corrected chi connectivity index (χ1v) is 5.22. The van der Waals surface area contributed by atoms with E-state index in [0.717, 1.165) is 29.4 Å². The number of aromatic nitrogens is 2. The number of hydrogen-bond acceptors (Lipinski definition) is 3. The van der Waals surface area contributed by atoms with Crippen molar-refractivity contribution in [2.45, 2.75) is 33.1 Å². The fourth-order valence-corrected chi connectivity index (χ4v) is 1.36. The van der Waals surface area contributed by atoms with Crippen LogP contribution in [0.5, 0.6) is 0 Å². The first-order chi connectivity index (χ1) is 6.13. The highest BCUT2D eigenvalue weighted by Crippen LogP contribution is 2.12. The Hall–Kier alpha value is -0.570. The number of aryl methyl sites for hydroxylation is 2. The van der Waals surface area contributed by atoms with Gasteiger partial charge in [0.2, 0.25) is 0 Å². The number of hydrogen-bond donors (Lipinski definition) is 1. The summed E-state index contributed by atoms with van der Waals surface area (Å²) < 4.78 is 0. The van der Waals surface area contributed by atoms with E-state index >= 15 is 0 Å². The molecule has 0 saturated heterocycles. The monoisotopic (exact) mass is 196 g/mol. The third-order valence-electron chi connectivity index (χ3n) is 1.85. The Morgan fingerprint density at radius 3 is 2.62 bits per heavy atom. The third-order valence-corrected chi connectivity index (χ3v) is 2.07. The van der Waals surface area contributed by atoms with E-state index in [1.807, 2.05) is 13.0 Å². The standard InChI is InChI=1S/C10H16N2S/c1-7(2)9-6-8(3)11-10(12-9)4-5-13/h6-7,13H,4-5H2,1-3H3. The molecule has 0 radical (unpaired) electrons. The van der Waals surface area contributed by atoms with Crippen LogP contribution in [0.2, 0.25) is 0 Å². The minimum atomic E-state index is 0.473. The van der Waals surface area contributed by atoms with E-state index < -0.39 is 0 Å². The predicted molar refractivity (Wildman–Crippen MR) is 58.4 cm³/mol. The van der Waals surface area contributed by atoms with Crippen LogP contribution in [-0.4, -0.2) is 15.7 Å². The van der Waals surface area contributed by atoms with Gasteiger partial charge in [0.25, 0.3) is 0 Å². The van der Waals surface area contributed by atoms with Crippen molar-refractivity contribution in [3.63, 3.8) is 0 Å². The molecule has 0 unspecified atom stereocenters. The van der Waals surface area contributed by atoms with Gasteiger partial charge >= 0.3 is 0 Å². The van der Waals surface area contributed by atoms with E-state index in [2.05, 4.69) is 36.4 Å². The molecule has 13 heavy (non-hydrogen) atoms. The second-order valence-electron chi connectivity index (χ2n) is 3.48. The van der Waals surface area contributed by atoms with Crippen LogP contribution in [0.15, 0.2) is 6.07 Å². The lowest BCUT2D eigenvalue weighted by Gasteiger charge is -2.07. The van der Waals surface area contributed by atoms with Crippen LogP contribution in [0.25, 0.3) is 0 Å². The number of thiol groups is 1. The zero-order chi connectivity index (χ0) is 9.84. The van der Waals surface area contributed by atoms with E-state index in [0.29, 0.717) is 5.92 Å². The van der Waals surface area contributed by atoms with Gasteiger partial charge in [-0.25, -0.2) is 9.97 Å². The molecule has 0 aromatic carbocycles. The second kappa shape index (κ2) is 4.61. The topological polar surface area (TPSA) is 25.8 Å². The van der Waals surface area contributed by atoms with Crippen molar-refractivity contribution < 1.29 is 0 Å². The normalized spacial score (nSPS) is 10.8. The summed E-state index contributed by atoms with van der Waals surface area (Å²) >= 11 is 4.17. The lowest BCUT2D eigenvalue weighted by molar-refractivity contribution is 0.780. The molecule has 0 bridgehead atoms. The summed E-state index contributed by atoms with van der Waals surface area (Å²) in [5.41, 5.74) is 2.18. The van der Waals surface area contributed by atoms with Gasteiger partial charge in [0.15, 0.2) is 0 Å². The molecule has 0 saturated carbocycles. The van der Waals surface area contributed by atoms with Crippen LogP contribution in [-0.2, 0) is 6.42 Å². The van der Waals surface area contributed by atoms with Crippen molar-refractivity contribution in [3.8, 4) is 0 Å². The van der Waals surface area contributed by atoms with Crippen LogP contribution < -0.4 is 0 Å². The summed E-state index contributed by atoms with van der Waals surface area (Å²) in [4.78, 5) is 8.81. The molecule has 1 aromatic heterocycles. The molecule has 0 aliphatic rings. The van der Waals surface area contributed by atoms with Crippen LogP contribution in [0.3, 0.4) is 0 Å². The Bertz CT molecular complexity index is 284. The van der Waals surface area contributed by atoms with Crippen LogP contribution in [0, 0.1) is 6.92 Å². The Morgan fingerprint density at radius 1 is 1.38 bits per heavy atom. The average molecular weight is 196 g/mol. The maximum absolute atomic E-state index is 4.46. The summed E-state index contributed by atoms with van der Waals surface area (Å²) in [7, 11) is 0. The molecule has 1 aromatic rings. The van der Waals surface area contributed by atoms with Gasteiger partial charge < -0.3 is 0 Å². The lowest BCUT2D eigenvalue weighted by atomic mass is 10.1. The van der Waals surface area contributed by atoms with Gasteiger partial charge in [-0.15, -0.1) is 0 Å². The Balaban J connectivity index is 2.96. The third kappa shape index (κ3) is 2.99. The van der Waals surface area contributed by atoms with Crippen LogP contribution in [0.1, 0.15) is 37.0 Å². The fourth-order valence-electron chi connectivity index (χ4n) is 1.16. The smallest absolute Gasteiger partial charge is 0.129 e.